The second kappa shape index (κ2) is 3.91. The quantitative estimate of drug-likeness (QED) is 0.616. The largest absolute Gasteiger partial charge is 0.494 e. The number of hydrogen-bond donors (Lipinski definition) is 1. The molecular weight excluding hydrogens is 229 g/mol. The number of para-hydroxylation sites is 2. The molecule has 0 unspecified atom stereocenters. The molecule has 0 atom stereocenters. The first kappa shape index (κ1) is 11.7. The van der Waals surface area contributed by atoms with Crippen LogP contribution in [-0.2, 0) is 12.7 Å². The third-order valence-corrected chi connectivity index (χ3v) is 2.41. The Morgan fingerprint density at radius 1 is 1.35 bits per heavy atom. The topological polar surface area (TPSA) is 19.7 Å². The van der Waals surface area contributed by atoms with Crippen LogP contribution in [0.1, 0.15) is 12.7 Å². The van der Waals surface area contributed by atoms with E-state index in [0.717, 1.165) is 0 Å². The van der Waals surface area contributed by atoms with Crippen LogP contribution in [-0.4, -0.2) is 4.98 Å². The number of aromatic amines is 1. The summed E-state index contributed by atoms with van der Waals surface area (Å²) >= 11 is 0. The van der Waals surface area contributed by atoms with Gasteiger partial charge in [0.25, 0.3) is 0 Å². The number of hydrogen-bond acceptors (Lipinski definition) is 0. The van der Waals surface area contributed by atoms with Crippen molar-refractivity contribution in [3.05, 3.63) is 42.2 Å². The van der Waals surface area contributed by atoms with E-state index in [2.05, 4.69) is 11.6 Å². The summed E-state index contributed by atoms with van der Waals surface area (Å²) in [5.41, 5.74) is 1.68. The van der Waals surface area contributed by atoms with Crippen molar-refractivity contribution in [3.63, 3.8) is 0 Å². The lowest BCUT2D eigenvalue weighted by Gasteiger charge is -2.03. The highest BCUT2D eigenvalue weighted by atomic mass is 19.4. The standard InChI is InChI=1S/C12H11F3N2/c1-8(2)7-17-10-6-4-3-5-9(10)16-11(17)12(13,14)15/h3-6H,1,7H2,2H3/p+1. The number of rotatable bonds is 2. The van der Waals surface area contributed by atoms with E-state index in [4.69, 9.17) is 0 Å². The molecule has 0 saturated carbocycles. The average molecular weight is 241 g/mol. The Bertz CT molecular complexity index is 567. The number of imidazole rings is 1. The Kier molecular flexibility index (Phi) is 2.69. The average Bonchev–Trinajstić information content (AvgIpc) is 2.56. The van der Waals surface area contributed by atoms with Crippen molar-refractivity contribution in [2.24, 2.45) is 0 Å². The summed E-state index contributed by atoms with van der Waals surface area (Å²) in [5.74, 6) is -0.748. The summed E-state index contributed by atoms with van der Waals surface area (Å²) in [6, 6.07) is 6.69. The molecule has 1 heterocycles. The smallest absolute Gasteiger partial charge is 0.233 e. The normalized spacial score (nSPS) is 12.0. The lowest BCUT2D eigenvalue weighted by atomic mass is 10.3. The Labute approximate surface area is 96.4 Å². The van der Waals surface area contributed by atoms with Gasteiger partial charge in [-0.05, 0) is 24.6 Å². The number of alkyl halides is 3. The van der Waals surface area contributed by atoms with Gasteiger partial charge in [-0.3, -0.25) is 0 Å². The fourth-order valence-electron chi connectivity index (χ4n) is 1.79. The van der Waals surface area contributed by atoms with Gasteiger partial charge >= 0.3 is 12.0 Å². The van der Waals surface area contributed by atoms with E-state index < -0.39 is 12.0 Å². The van der Waals surface area contributed by atoms with E-state index >= 15 is 0 Å². The van der Waals surface area contributed by atoms with Gasteiger partial charge in [0.2, 0.25) is 0 Å². The Morgan fingerprint density at radius 3 is 2.59 bits per heavy atom. The first-order chi connectivity index (χ1) is 7.89. The van der Waals surface area contributed by atoms with Crippen molar-refractivity contribution >= 4 is 11.0 Å². The zero-order chi connectivity index (χ0) is 12.6. The van der Waals surface area contributed by atoms with Crippen molar-refractivity contribution < 1.29 is 17.7 Å². The maximum atomic E-state index is 12.9. The minimum absolute atomic E-state index is 0.152. The maximum Gasteiger partial charge on any atom is 0.494 e. The molecule has 0 aliphatic heterocycles. The lowest BCUT2D eigenvalue weighted by molar-refractivity contribution is -0.683. The van der Waals surface area contributed by atoms with Gasteiger partial charge in [-0.1, -0.05) is 18.7 Å². The molecule has 1 aromatic heterocycles. The molecule has 0 saturated heterocycles. The second-order valence-corrected chi connectivity index (χ2v) is 4.03. The van der Waals surface area contributed by atoms with Crippen molar-refractivity contribution in [2.75, 3.05) is 0 Å². The molecule has 2 nitrogen and oxygen atoms in total. The van der Waals surface area contributed by atoms with Crippen LogP contribution in [0.2, 0.25) is 0 Å². The number of fused-ring (bicyclic) bond motifs is 1. The molecule has 0 aliphatic rings. The van der Waals surface area contributed by atoms with E-state index in [9.17, 15) is 13.2 Å². The molecular formula is C12H12F3N2+. The summed E-state index contributed by atoms with van der Waals surface area (Å²) in [6.45, 7) is 5.51. The molecule has 0 aliphatic carbocycles. The molecule has 1 N–H and O–H groups in total. The fraction of sp³-hybridized carbons (Fsp3) is 0.250. The molecule has 5 heteroatoms. The van der Waals surface area contributed by atoms with Crippen molar-refractivity contribution in [3.8, 4) is 0 Å². The van der Waals surface area contributed by atoms with Gasteiger partial charge in [-0.15, -0.1) is 0 Å². The van der Waals surface area contributed by atoms with Crippen LogP contribution >= 0.6 is 0 Å². The summed E-state index contributed by atoms with van der Waals surface area (Å²) in [4.78, 5) is 2.41. The summed E-state index contributed by atoms with van der Waals surface area (Å²) in [6.07, 6.45) is -4.39. The van der Waals surface area contributed by atoms with E-state index in [1.54, 1.807) is 31.2 Å². The zero-order valence-corrected chi connectivity index (χ0v) is 9.30. The SMILES string of the molecule is C=C(C)C[n+]1c(C(F)(F)F)[nH]c2ccccc21. The number of benzene rings is 1. The molecule has 0 amide bonds. The highest BCUT2D eigenvalue weighted by Gasteiger charge is 2.43. The van der Waals surface area contributed by atoms with Gasteiger partial charge in [0, 0.05) is 0 Å². The Balaban J connectivity index is 2.69. The molecule has 0 bridgehead atoms. The highest BCUT2D eigenvalue weighted by Crippen LogP contribution is 2.27. The van der Waals surface area contributed by atoms with Gasteiger partial charge in [-0.25, -0.2) is 9.55 Å². The van der Waals surface area contributed by atoms with E-state index in [1.165, 1.54) is 4.57 Å². The predicted molar refractivity (Wildman–Crippen MR) is 58.3 cm³/mol. The zero-order valence-electron chi connectivity index (χ0n) is 9.30. The molecule has 17 heavy (non-hydrogen) atoms. The van der Waals surface area contributed by atoms with Crippen LogP contribution in [0.15, 0.2) is 36.4 Å². The van der Waals surface area contributed by atoms with E-state index in [0.29, 0.717) is 16.6 Å². The highest BCUT2D eigenvalue weighted by molar-refractivity contribution is 5.71. The third-order valence-electron chi connectivity index (χ3n) is 2.41. The van der Waals surface area contributed by atoms with Gasteiger partial charge in [-0.2, -0.15) is 13.2 Å². The summed E-state index contributed by atoms with van der Waals surface area (Å²) < 4.78 is 39.8. The molecule has 1 aromatic carbocycles. The van der Waals surface area contributed by atoms with Crippen LogP contribution < -0.4 is 4.57 Å². The lowest BCUT2D eigenvalue weighted by Crippen LogP contribution is -2.41. The number of nitrogens with zero attached hydrogens (tertiary/aromatic N) is 1. The molecule has 0 radical (unpaired) electrons. The molecule has 2 aromatic rings. The van der Waals surface area contributed by atoms with Crippen molar-refractivity contribution in [2.45, 2.75) is 19.6 Å². The van der Waals surface area contributed by atoms with Gasteiger partial charge in [0.15, 0.2) is 11.0 Å². The van der Waals surface area contributed by atoms with Gasteiger partial charge in [0.1, 0.15) is 6.54 Å². The molecule has 0 fully saturated rings. The van der Waals surface area contributed by atoms with Crippen LogP contribution in [0.25, 0.3) is 11.0 Å². The number of allylic oxidation sites excluding steroid dienone is 1. The maximum absolute atomic E-state index is 12.9. The van der Waals surface area contributed by atoms with Crippen molar-refractivity contribution in [1.29, 1.82) is 0 Å². The van der Waals surface area contributed by atoms with E-state index in [1.807, 2.05) is 0 Å². The predicted octanol–water partition coefficient (Wildman–Crippen LogP) is 3.05. The van der Waals surface area contributed by atoms with Crippen LogP contribution in [0.3, 0.4) is 0 Å². The Hall–Kier alpha value is -1.78. The minimum Gasteiger partial charge on any atom is -0.233 e. The first-order valence-electron chi connectivity index (χ1n) is 5.11. The molecule has 0 spiro atoms. The second-order valence-electron chi connectivity index (χ2n) is 4.03. The van der Waals surface area contributed by atoms with Crippen LogP contribution in [0, 0.1) is 0 Å². The van der Waals surface area contributed by atoms with Gasteiger partial charge in [0.05, 0.1) is 0 Å². The number of nitrogens with one attached hydrogen (secondary N) is 1. The van der Waals surface area contributed by atoms with Crippen LogP contribution in [0.4, 0.5) is 13.2 Å². The van der Waals surface area contributed by atoms with E-state index in [-0.39, 0.29) is 6.54 Å². The summed E-state index contributed by atoms with van der Waals surface area (Å²) in [5, 5.41) is 0. The fourth-order valence-corrected chi connectivity index (χ4v) is 1.79. The first-order valence-corrected chi connectivity index (χ1v) is 5.11. The number of halogens is 3. The summed E-state index contributed by atoms with van der Waals surface area (Å²) in [7, 11) is 0. The molecule has 2 rings (SSSR count). The third kappa shape index (κ3) is 2.18. The Morgan fingerprint density at radius 2 is 2.00 bits per heavy atom. The van der Waals surface area contributed by atoms with Gasteiger partial charge < -0.3 is 0 Å². The monoisotopic (exact) mass is 241 g/mol. The number of aromatic nitrogens is 2. The molecule has 90 valence electrons. The van der Waals surface area contributed by atoms with Crippen molar-refractivity contribution in [1.82, 2.24) is 4.98 Å². The minimum atomic E-state index is -4.39. The number of H-pyrrole nitrogens is 1. The van der Waals surface area contributed by atoms with Crippen LogP contribution in [0.5, 0.6) is 0 Å².